The van der Waals surface area contributed by atoms with Gasteiger partial charge in [-0.25, -0.2) is 23.2 Å². The van der Waals surface area contributed by atoms with E-state index in [1.807, 2.05) is 18.2 Å². The molecule has 3 aliphatic rings. The number of nitrogens with zero attached hydrogens (tertiary/aromatic N) is 1. The Hall–Kier alpha value is -3.26. The predicted octanol–water partition coefficient (Wildman–Crippen LogP) is 1.16. The average Bonchev–Trinajstić information content (AvgIpc) is 3.04. The smallest absolute Gasteiger partial charge is 0.199 e. The molecule has 0 aromatic heterocycles. The van der Waals surface area contributed by atoms with Crippen molar-refractivity contribution in [3.63, 3.8) is 0 Å². The van der Waals surface area contributed by atoms with Gasteiger partial charge in [0.05, 0.1) is 0 Å². The van der Waals surface area contributed by atoms with E-state index in [0.29, 0.717) is 0 Å². The van der Waals surface area contributed by atoms with Crippen molar-refractivity contribution in [2.75, 3.05) is 14.1 Å². The second-order valence-electron chi connectivity index (χ2n) is 7.49. The molecule has 162 valence electrons. The topological polar surface area (TPSA) is 108 Å². The lowest BCUT2D eigenvalue weighted by atomic mass is 10.0. The van der Waals surface area contributed by atoms with Gasteiger partial charge in [0.25, 0.3) is 0 Å². The molecule has 0 saturated heterocycles. The van der Waals surface area contributed by atoms with Crippen LogP contribution in [0.25, 0.3) is 39.1 Å². The summed E-state index contributed by atoms with van der Waals surface area (Å²) in [6.45, 7) is 0. The molecule has 7 heteroatoms. The van der Waals surface area contributed by atoms with Crippen LogP contribution in [0.3, 0.4) is 0 Å². The molecule has 2 aromatic carbocycles. The molecule has 0 atom stereocenters. The summed E-state index contributed by atoms with van der Waals surface area (Å²) in [4.78, 5) is 0. The second kappa shape index (κ2) is 8.70. The number of para-hydroxylation sites is 1. The number of fused-ring (bicyclic) bond motifs is 4. The van der Waals surface area contributed by atoms with Crippen molar-refractivity contribution in [1.29, 1.82) is 0 Å². The van der Waals surface area contributed by atoms with Crippen molar-refractivity contribution < 1.29 is 37.9 Å². The fraction of sp³-hybridized carbons (Fsp3) is 0.0800. The summed E-state index contributed by atoms with van der Waals surface area (Å²) in [5.41, 5.74) is 5.59. The number of halogens is 1. The third kappa shape index (κ3) is 4.80. The molecule has 0 bridgehead atoms. The zero-order valence-corrected chi connectivity index (χ0v) is 18.2. The summed E-state index contributed by atoms with van der Waals surface area (Å²) < 4.78 is 42.4. The Labute approximate surface area is 187 Å². The van der Waals surface area contributed by atoms with E-state index in [4.69, 9.17) is 23.1 Å². The van der Waals surface area contributed by atoms with Gasteiger partial charge in [0.2, 0.25) is 0 Å². The van der Waals surface area contributed by atoms with Gasteiger partial charge in [-0.15, -0.1) is 10.2 Å². The number of benzene rings is 2. The quantitative estimate of drug-likeness (QED) is 0.405. The summed E-state index contributed by atoms with van der Waals surface area (Å²) in [6.07, 6.45) is 10.8. The van der Waals surface area contributed by atoms with Crippen molar-refractivity contribution in [2.24, 2.45) is 0 Å². The fourth-order valence-corrected chi connectivity index (χ4v) is 3.73. The molecule has 0 saturated carbocycles. The van der Waals surface area contributed by atoms with Gasteiger partial charge >= 0.3 is 0 Å². The molecule has 32 heavy (non-hydrogen) atoms. The first-order chi connectivity index (χ1) is 15.2. The van der Waals surface area contributed by atoms with Crippen molar-refractivity contribution in [3.05, 3.63) is 90.0 Å². The zero-order valence-electron chi connectivity index (χ0n) is 17.4. The molecular weight excluding hydrogens is 430 g/mol. The summed E-state index contributed by atoms with van der Waals surface area (Å²) in [5.74, 6) is 0.951. The summed E-state index contributed by atoms with van der Waals surface area (Å²) in [7, 11) is -0.832. The summed E-state index contributed by atoms with van der Waals surface area (Å²) >= 11 is 0. The van der Waals surface area contributed by atoms with Crippen molar-refractivity contribution in [3.8, 4) is 11.3 Å². The van der Waals surface area contributed by atoms with Crippen LogP contribution in [0, 0.1) is 10.2 Å². The predicted molar refractivity (Wildman–Crippen MR) is 114 cm³/mol. The van der Waals surface area contributed by atoms with E-state index in [9.17, 15) is 0 Å². The van der Waals surface area contributed by atoms with Gasteiger partial charge in [-0.05, 0) is 46.7 Å². The first kappa shape index (κ1) is 22.0. The fourth-order valence-electron chi connectivity index (χ4n) is 3.73. The maximum Gasteiger partial charge on any atom is 0.199 e. The lowest BCUT2D eigenvalue weighted by molar-refractivity contribution is -2.00. The molecular formula is C25H20ClNO5. The third-order valence-corrected chi connectivity index (χ3v) is 5.15. The van der Waals surface area contributed by atoms with Crippen molar-refractivity contribution in [1.82, 2.24) is 0 Å². The Morgan fingerprint density at radius 1 is 0.812 bits per heavy atom. The Kier molecular flexibility index (Phi) is 5.97. The van der Waals surface area contributed by atoms with Crippen molar-refractivity contribution >= 4 is 33.5 Å². The number of hydrogen-bond donors (Lipinski definition) is 0. The molecule has 0 N–H and O–H groups in total. The molecule has 0 radical (unpaired) electrons. The van der Waals surface area contributed by atoms with Crippen LogP contribution in [0.15, 0.2) is 88.9 Å². The maximum atomic E-state index is 8.49. The second-order valence-corrected chi connectivity index (χ2v) is 8.25. The lowest BCUT2D eigenvalue weighted by Gasteiger charge is -2.17. The molecule has 0 amide bonds. The van der Waals surface area contributed by atoms with Gasteiger partial charge < -0.3 is 4.42 Å². The standard InChI is InChI=1S/C25H20NO.ClHO4/c1-26(2)19-13-11-17(12-14-19)15-22-20-8-4-5-9-21(20)23-16-18-7-3-6-10-24(18)27-25(22)23;2-1(3,4)5/h3-16H,1-2H3;(H,2,3,4,5)/q+1;/p-1. The van der Waals surface area contributed by atoms with E-state index < -0.39 is 10.2 Å². The molecule has 2 aliphatic carbocycles. The minimum Gasteiger partial charge on any atom is -0.455 e. The maximum absolute atomic E-state index is 8.49. The normalized spacial score (nSPS) is 13.6. The van der Waals surface area contributed by atoms with E-state index in [-0.39, 0.29) is 0 Å². The van der Waals surface area contributed by atoms with Gasteiger partial charge in [0, 0.05) is 28.7 Å². The monoisotopic (exact) mass is 449 g/mol. The largest absolute Gasteiger partial charge is 0.455 e. The highest BCUT2D eigenvalue weighted by Gasteiger charge is 2.20. The van der Waals surface area contributed by atoms with Crippen LogP contribution >= 0.6 is 0 Å². The van der Waals surface area contributed by atoms with Crippen LogP contribution in [0.4, 0.5) is 0 Å². The van der Waals surface area contributed by atoms with Gasteiger partial charge in [-0.2, -0.15) is 0 Å². The molecule has 2 aromatic rings. The highest BCUT2D eigenvalue weighted by molar-refractivity contribution is 6.10. The molecule has 0 fully saturated rings. The number of hydrogen-bond acceptors (Lipinski definition) is 5. The number of allylic oxidation sites excluding steroid dienone is 5. The lowest BCUT2D eigenvalue weighted by Crippen LogP contribution is -2.68. The Morgan fingerprint density at radius 3 is 2.06 bits per heavy atom. The van der Waals surface area contributed by atoms with Crippen LogP contribution in [-0.2, 0) is 0 Å². The number of rotatable bonds is 1. The van der Waals surface area contributed by atoms with Crippen LogP contribution in [0.5, 0.6) is 0 Å². The van der Waals surface area contributed by atoms with E-state index in [1.54, 1.807) is 0 Å². The first-order valence-corrected chi connectivity index (χ1v) is 11.0. The summed E-state index contributed by atoms with van der Waals surface area (Å²) in [6, 6.07) is 19.0. The van der Waals surface area contributed by atoms with Crippen LogP contribution < -0.4 is 18.6 Å². The molecule has 0 unspecified atom stereocenters. The van der Waals surface area contributed by atoms with E-state index in [0.717, 1.165) is 22.3 Å². The highest BCUT2D eigenvalue weighted by atomic mass is 35.7. The molecule has 1 heterocycles. The minimum absolute atomic E-state index is 0.915. The van der Waals surface area contributed by atoms with Crippen LogP contribution in [0.2, 0.25) is 0 Å². The summed E-state index contributed by atoms with van der Waals surface area (Å²) in [5, 5.41) is 3.59. The highest BCUT2D eigenvalue weighted by Crippen LogP contribution is 2.42. The molecule has 1 aliphatic heterocycles. The minimum atomic E-state index is -4.94. The average molecular weight is 450 g/mol. The Bertz CT molecular complexity index is 1360. The third-order valence-electron chi connectivity index (χ3n) is 5.15. The molecule has 5 rings (SSSR count). The first-order valence-electron chi connectivity index (χ1n) is 9.77. The van der Waals surface area contributed by atoms with Gasteiger partial charge in [0.1, 0.15) is 25.4 Å². The van der Waals surface area contributed by atoms with Gasteiger partial charge in [-0.1, -0.05) is 42.5 Å². The Balaban J connectivity index is 0.000000444. The molecule has 6 nitrogen and oxygen atoms in total. The molecule has 0 spiro atoms. The van der Waals surface area contributed by atoms with Gasteiger partial charge in [0.15, 0.2) is 5.71 Å². The Morgan fingerprint density at radius 2 is 1.41 bits per heavy atom. The van der Waals surface area contributed by atoms with E-state index in [2.05, 4.69) is 85.4 Å². The zero-order chi connectivity index (χ0) is 22.9. The van der Waals surface area contributed by atoms with E-state index >= 15 is 0 Å². The van der Waals surface area contributed by atoms with Crippen LogP contribution in [0.1, 0.15) is 5.56 Å². The van der Waals surface area contributed by atoms with Gasteiger partial charge in [-0.3, -0.25) is 0 Å². The van der Waals surface area contributed by atoms with Crippen molar-refractivity contribution in [2.45, 2.75) is 0 Å². The van der Waals surface area contributed by atoms with Crippen LogP contribution in [-0.4, -0.2) is 24.4 Å². The SMILES string of the molecule is C[N+](C)=C1C=CC(=Cc2c3oc4ccccc4cc-3c3ccccc23)C=C1.[O-][Cl+3]([O-])([O-])[O-]. The van der Waals surface area contributed by atoms with E-state index in [1.165, 1.54) is 27.6 Å².